The number of benzene rings is 1. The lowest BCUT2D eigenvalue weighted by atomic mass is 9.91. The molecule has 2 aliphatic rings. The van der Waals surface area contributed by atoms with Gasteiger partial charge in [0.05, 0.1) is 5.69 Å². The molecule has 1 fully saturated rings. The van der Waals surface area contributed by atoms with Crippen molar-refractivity contribution < 1.29 is 31.8 Å². The molecule has 1 N–H and O–H groups in total. The Bertz CT molecular complexity index is 1060. The Morgan fingerprint density at radius 1 is 1.28 bits per heavy atom. The summed E-state index contributed by atoms with van der Waals surface area (Å²) in [4.78, 5) is 12.4. The van der Waals surface area contributed by atoms with Gasteiger partial charge in [-0.1, -0.05) is 12.1 Å². The first kappa shape index (κ1) is 19.2. The first-order valence-electron chi connectivity index (χ1n) is 8.57. The summed E-state index contributed by atoms with van der Waals surface area (Å²) >= 11 is 0. The minimum Gasteiger partial charge on any atom is -0.411 e. The highest BCUT2D eigenvalue weighted by molar-refractivity contribution is 6.03. The van der Waals surface area contributed by atoms with E-state index >= 15 is 0 Å². The summed E-state index contributed by atoms with van der Waals surface area (Å²) in [6.45, 7) is 1.48. The Hall–Kier alpha value is -3.14. The molecule has 2 aromatic rings. The molecule has 29 heavy (non-hydrogen) atoms. The second kappa shape index (κ2) is 6.45. The third-order valence-corrected chi connectivity index (χ3v) is 4.70. The molecule has 4 rings (SSSR count). The highest BCUT2D eigenvalue weighted by Crippen LogP contribution is 2.47. The molecule has 1 aliphatic carbocycles. The van der Waals surface area contributed by atoms with E-state index in [0.29, 0.717) is 11.3 Å². The standard InChI is InChI=1S/C19H15F4N3O3/c1-18-7-6-10(8-15(18)28-19(22,23)29-18)14-9-13(25-26(14)2)17(27)24-16-11(20)4-3-5-12(16)21/h3-6,8-9H,7H2,1-2H3,(H,24,27). The SMILES string of the molecule is Cn1nc(C(=O)Nc2c(F)cccc2F)cc1C1=CCC2(C)OC(F)(F)OC2=C1. The topological polar surface area (TPSA) is 65.4 Å². The highest BCUT2D eigenvalue weighted by Gasteiger charge is 2.55. The van der Waals surface area contributed by atoms with Gasteiger partial charge in [0.25, 0.3) is 5.91 Å². The lowest BCUT2D eigenvalue weighted by Crippen LogP contribution is -2.29. The van der Waals surface area contributed by atoms with Crippen LogP contribution in [0.4, 0.5) is 23.2 Å². The number of aryl methyl sites for hydroxylation is 1. The number of aromatic nitrogens is 2. The zero-order valence-electron chi connectivity index (χ0n) is 15.3. The van der Waals surface area contributed by atoms with Crippen LogP contribution in [-0.4, -0.2) is 27.6 Å². The molecule has 1 aromatic heterocycles. The number of nitrogens with one attached hydrogen (secondary N) is 1. The number of carbonyl (C=O) groups excluding carboxylic acids is 1. The van der Waals surface area contributed by atoms with E-state index in [0.717, 1.165) is 12.1 Å². The van der Waals surface area contributed by atoms with E-state index in [9.17, 15) is 22.4 Å². The third-order valence-electron chi connectivity index (χ3n) is 4.70. The van der Waals surface area contributed by atoms with Crippen LogP contribution in [-0.2, 0) is 16.5 Å². The van der Waals surface area contributed by atoms with Crippen LogP contribution in [0.1, 0.15) is 29.5 Å². The Kier molecular flexibility index (Phi) is 4.26. The minimum absolute atomic E-state index is 0.0411. The van der Waals surface area contributed by atoms with Crippen molar-refractivity contribution in [2.45, 2.75) is 25.2 Å². The number of fused-ring (bicyclic) bond motifs is 1. The van der Waals surface area contributed by atoms with Gasteiger partial charge in [-0.3, -0.25) is 14.2 Å². The van der Waals surface area contributed by atoms with Crippen molar-refractivity contribution in [2.75, 3.05) is 5.32 Å². The molecule has 1 aromatic carbocycles. The van der Waals surface area contributed by atoms with Crippen LogP contribution in [0, 0.1) is 11.6 Å². The smallest absolute Gasteiger partial charge is 0.411 e. The van der Waals surface area contributed by atoms with Crippen LogP contribution in [0.5, 0.6) is 0 Å². The van der Waals surface area contributed by atoms with Crippen molar-refractivity contribution >= 4 is 17.2 Å². The van der Waals surface area contributed by atoms with Crippen LogP contribution in [0.25, 0.3) is 5.57 Å². The van der Waals surface area contributed by atoms with Crippen molar-refractivity contribution in [3.8, 4) is 0 Å². The van der Waals surface area contributed by atoms with Gasteiger partial charge in [0.15, 0.2) is 5.69 Å². The average Bonchev–Trinajstić information content (AvgIpc) is 3.12. The molecule has 152 valence electrons. The molecular formula is C19H15F4N3O3. The summed E-state index contributed by atoms with van der Waals surface area (Å²) in [7, 11) is 1.55. The van der Waals surface area contributed by atoms with E-state index in [2.05, 4.69) is 19.9 Å². The summed E-state index contributed by atoms with van der Waals surface area (Å²) in [6, 6.07) is 4.58. The zero-order valence-corrected chi connectivity index (χ0v) is 15.3. The van der Waals surface area contributed by atoms with Crippen LogP contribution >= 0.6 is 0 Å². The normalized spacial score (nSPS) is 22.4. The second-order valence-electron chi connectivity index (χ2n) is 6.86. The molecular weight excluding hydrogens is 394 g/mol. The molecule has 1 amide bonds. The maximum Gasteiger partial charge on any atom is 0.536 e. The van der Waals surface area contributed by atoms with E-state index < -0.39 is 35.1 Å². The fraction of sp³-hybridized carbons (Fsp3) is 0.263. The number of rotatable bonds is 3. The summed E-state index contributed by atoms with van der Waals surface area (Å²) < 4.78 is 65.0. The van der Waals surface area contributed by atoms with E-state index in [-0.39, 0.29) is 17.9 Å². The number of hydrogen-bond acceptors (Lipinski definition) is 4. The molecule has 1 saturated heterocycles. The van der Waals surface area contributed by atoms with Crippen molar-refractivity contribution in [1.82, 2.24) is 9.78 Å². The number of hydrogen-bond donors (Lipinski definition) is 1. The predicted octanol–water partition coefficient (Wildman–Crippen LogP) is 3.98. The summed E-state index contributed by atoms with van der Waals surface area (Å²) in [5, 5.41) is 6.19. The Morgan fingerprint density at radius 3 is 2.66 bits per heavy atom. The van der Waals surface area contributed by atoms with Gasteiger partial charge < -0.3 is 10.1 Å². The number of carbonyl (C=O) groups is 1. The van der Waals surface area contributed by atoms with Crippen molar-refractivity contribution in [1.29, 1.82) is 0 Å². The van der Waals surface area contributed by atoms with E-state index in [1.54, 1.807) is 13.1 Å². The van der Waals surface area contributed by atoms with Crippen LogP contribution < -0.4 is 5.32 Å². The molecule has 1 unspecified atom stereocenters. The minimum atomic E-state index is -3.72. The monoisotopic (exact) mass is 409 g/mol. The zero-order chi connectivity index (χ0) is 21.0. The van der Waals surface area contributed by atoms with Gasteiger partial charge in [0.1, 0.15) is 28.7 Å². The molecule has 2 heterocycles. The molecule has 1 aliphatic heterocycles. The number of halogens is 4. The fourth-order valence-corrected chi connectivity index (χ4v) is 3.22. The molecule has 0 radical (unpaired) electrons. The third kappa shape index (κ3) is 3.39. The molecule has 0 saturated carbocycles. The van der Waals surface area contributed by atoms with Crippen molar-refractivity contribution in [3.05, 3.63) is 65.2 Å². The Labute approximate surface area is 162 Å². The number of para-hydroxylation sites is 1. The number of ether oxygens (including phenoxy) is 2. The molecule has 1 atom stereocenters. The molecule has 10 heteroatoms. The Morgan fingerprint density at radius 2 is 1.97 bits per heavy atom. The highest BCUT2D eigenvalue weighted by atomic mass is 19.3. The summed E-state index contributed by atoms with van der Waals surface area (Å²) in [5.41, 5.74) is -1.05. The van der Waals surface area contributed by atoms with Gasteiger partial charge in [-0.25, -0.2) is 8.78 Å². The van der Waals surface area contributed by atoms with Gasteiger partial charge in [0.2, 0.25) is 0 Å². The van der Waals surface area contributed by atoms with E-state index in [1.807, 2.05) is 0 Å². The lowest BCUT2D eigenvalue weighted by Gasteiger charge is -2.23. The Balaban J connectivity index is 1.60. The predicted molar refractivity (Wildman–Crippen MR) is 93.7 cm³/mol. The van der Waals surface area contributed by atoms with Gasteiger partial charge in [-0.2, -0.15) is 5.10 Å². The molecule has 0 spiro atoms. The van der Waals surface area contributed by atoms with Crippen LogP contribution in [0.2, 0.25) is 0 Å². The van der Waals surface area contributed by atoms with Crippen LogP contribution in [0.3, 0.4) is 0 Å². The summed E-state index contributed by atoms with van der Waals surface area (Å²) in [5.74, 6) is -2.71. The largest absolute Gasteiger partial charge is 0.536 e. The first-order valence-corrected chi connectivity index (χ1v) is 8.57. The van der Waals surface area contributed by atoms with Gasteiger partial charge in [-0.05, 0) is 36.8 Å². The lowest BCUT2D eigenvalue weighted by molar-refractivity contribution is -0.351. The summed E-state index contributed by atoms with van der Waals surface area (Å²) in [6.07, 6.45) is -0.550. The quantitative estimate of drug-likeness (QED) is 0.779. The molecule has 6 nitrogen and oxygen atoms in total. The average molecular weight is 409 g/mol. The molecule has 0 bridgehead atoms. The number of nitrogens with zero attached hydrogens (tertiary/aromatic N) is 2. The maximum atomic E-state index is 13.7. The van der Waals surface area contributed by atoms with Gasteiger partial charge in [-0.15, -0.1) is 8.78 Å². The second-order valence-corrected chi connectivity index (χ2v) is 6.86. The van der Waals surface area contributed by atoms with Gasteiger partial charge >= 0.3 is 6.29 Å². The van der Waals surface area contributed by atoms with Crippen LogP contribution in [0.15, 0.2) is 42.2 Å². The van der Waals surface area contributed by atoms with Gasteiger partial charge in [0, 0.05) is 13.5 Å². The number of alkyl halides is 2. The fourth-order valence-electron chi connectivity index (χ4n) is 3.22. The van der Waals surface area contributed by atoms with E-state index in [4.69, 9.17) is 0 Å². The number of amides is 1. The number of allylic oxidation sites excluding steroid dienone is 2. The van der Waals surface area contributed by atoms with E-state index in [1.165, 1.54) is 29.8 Å². The van der Waals surface area contributed by atoms with Crippen molar-refractivity contribution in [3.63, 3.8) is 0 Å². The maximum absolute atomic E-state index is 13.7. The number of anilines is 1. The van der Waals surface area contributed by atoms with Crippen molar-refractivity contribution in [2.24, 2.45) is 7.05 Å². The first-order chi connectivity index (χ1) is 13.6.